The second kappa shape index (κ2) is 10.3. The van der Waals surface area contributed by atoms with E-state index in [0.29, 0.717) is 11.6 Å². The maximum Gasteiger partial charge on any atom is 0.192 e. The molecule has 0 saturated heterocycles. The molecule has 0 fully saturated rings. The van der Waals surface area contributed by atoms with Crippen LogP contribution in [0.25, 0.3) is 17.0 Å². The Morgan fingerprint density at radius 1 is 1.06 bits per heavy atom. The van der Waals surface area contributed by atoms with Gasteiger partial charge in [-0.05, 0) is 74.3 Å². The van der Waals surface area contributed by atoms with Crippen molar-refractivity contribution in [1.82, 2.24) is 9.78 Å². The van der Waals surface area contributed by atoms with Crippen LogP contribution >= 0.6 is 55.1 Å². The molecule has 0 unspecified atom stereocenters. The van der Waals surface area contributed by atoms with E-state index in [2.05, 4.69) is 75.8 Å². The minimum atomic E-state index is -1.69. The van der Waals surface area contributed by atoms with Crippen molar-refractivity contribution in [1.29, 1.82) is 0 Å². The average molecular weight is 620 g/mol. The molecule has 9 heteroatoms. The van der Waals surface area contributed by atoms with E-state index in [0.717, 1.165) is 48.5 Å². The number of nitrogens with zero attached hydrogens (tertiary/aromatic N) is 3. The lowest BCUT2D eigenvalue weighted by Gasteiger charge is -2.36. The van der Waals surface area contributed by atoms with Crippen molar-refractivity contribution in [3.05, 3.63) is 60.0 Å². The quantitative estimate of drug-likeness (QED) is 0.295. The van der Waals surface area contributed by atoms with Gasteiger partial charge in [0.05, 0.1) is 40.6 Å². The highest BCUT2D eigenvalue weighted by molar-refractivity contribution is 9.10. The summed E-state index contributed by atoms with van der Waals surface area (Å²) in [4.78, 5) is 4.24. The van der Waals surface area contributed by atoms with Crippen molar-refractivity contribution in [2.24, 2.45) is 4.99 Å². The summed E-state index contributed by atoms with van der Waals surface area (Å²) in [6, 6.07) is 7.78. The van der Waals surface area contributed by atoms with Crippen molar-refractivity contribution < 1.29 is 4.43 Å². The van der Waals surface area contributed by atoms with Crippen LogP contribution in [-0.2, 0) is 11.0 Å². The molecule has 0 spiro atoms. The van der Waals surface area contributed by atoms with E-state index in [4.69, 9.17) is 27.6 Å². The minimum Gasteiger partial charge on any atom is -0.415 e. The Kier molecular flexibility index (Phi) is 8.32. The average Bonchev–Trinajstić information content (AvgIpc) is 3.35. The predicted molar refractivity (Wildman–Crippen MR) is 145 cm³/mol. The Labute approximate surface area is 217 Å². The van der Waals surface area contributed by atoms with Crippen LogP contribution in [0.1, 0.15) is 20.8 Å². The van der Waals surface area contributed by atoms with Crippen LogP contribution in [0.3, 0.4) is 0 Å². The highest BCUT2D eigenvalue weighted by Crippen LogP contribution is 2.36. The lowest BCUT2D eigenvalue weighted by molar-refractivity contribution is 0.266. The van der Waals surface area contributed by atoms with Crippen molar-refractivity contribution in [3.8, 4) is 0 Å². The molecule has 2 heterocycles. The minimum absolute atomic E-state index is 0.232. The van der Waals surface area contributed by atoms with Crippen LogP contribution < -0.4 is 10.6 Å². The molecule has 0 saturated carbocycles. The van der Waals surface area contributed by atoms with Gasteiger partial charge in [-0.25, -0.2) is 0 Å². The first kappa shape index (κ1) is 25.9. The Morgan fingerprint density at radius 3 is 2.41 bits per heavy atom. The second-order valence-electron chi connectivity index (χ2n) is 9.13. The zero-order chi connectivity index (χ0) is 23.7. The monoisotopic (exact) mass is 617 g/mol. The molecule has 0 amide bonds. The largest absolute Gasteiger partial charge is 0.415 e. The predicted octanol–water partition coefficient (Wildman–Crippen LogP) is 6.99. The van der Waals surface area contributed by atoms with Crippen LogP contribution in [0.5, 0.6) is 0 Å². The van der Waals surface area contributed by atoms with Crippen molar-refractivity contribution in [2.45, 2.75) is 45.4 Å². The Balaban J connectivity index is 0.000000219. The molecule has 172 valence electrons. The highest BCUT2D eigenvalue weighted by atomic mass is 79.9. The molecule has 2 aromatic carbocycles. The number of hydrogen-bond acceptors (Lipinski definition) is 3. The molecule has 1 aliphatic heterocycles. The van der Waals surface area contributed by atoms with Gasteiger partial charge < -0.3 is 4.43 Å². The molecule has 3 aromatic rings. The van der Waals surface area contributed by atoms with Gasteiger partial charge in [0.1, 0.15) is 0 Å². The molecule has 1 aliphatic rings. The summed E-state index contributed by atoms with van der Waals surface area (Å²) in [6.07, 6.45) is 4.01. The first-order valence-electron chi connectivity index (χ1n) is 10.3. The normalized spacial score (nSPS) is 13.3. The smallest absolute Gasteiger partial charge is 0.192 e. The number of hydrogen-bond donors (Lipinski definition) is 0. The maximum atomic E-state index is 6.28. The fourth-order valence-corrected chi connectivity index (χ4v) is 5.10. The lowest BCUT2D eigenvalue weighted by Crippen LogP contribution is -2.41. The molecular weight excluding hydrogens is 593 g/mol. The van der Waals surface area contributed by atoms with Gasteiger partial charge in [-0.1, -0.05) is 50.0 Å². The SMILES string of the molecule is CC(C)(C)[Si](C)(C)OCCn1cc2c(Cl)c(Br)ccc2n1.Clc1c(Br)ccc2c1=CCN=2. The molecule has 1 aromatic heterocycles. The zero-order valence-electron chi connectivity index (χ0n) is 18.8. The third-order valence-corrected chi connectivity index (χ3v) is 13.0. The summed E-state index contributed by atoms with van der Waals surface area (Å²) in [6.45, 7) is 13.5. The molecule has 32 heavy (non-hydrogen) atoms. The number of fused-ring (bicyclic) bond motifs is 2. The summed E-state index contributed by atoms with van der Waals surface area (Å²) >= 11 is 19.1. The van der Waals surface area contributed by atoms with Gasteiger partial charge in [-0.15, -0.1) is 0 Å². The third kappa shape index (κ3) is 5.86. The van der Waals surface area contributed by atoms with E-state index < -0.39 is 8.32 Å². The molecule has 0 atom stereocenters. The van der Waals surface area contributed by atoms with Gasteiger partial charge >= 0.3 is 0 Å². The molecule has 0 N–H and O–H groups in total. The molecule has 4 nitrogen and oxygen atoms in total. The maximum absolute atomic E-state index is 6.28. The van der Waals surface area contributed by atoms with Crippen molar-refractivity contribution in [2.75, 3.05) is 13.2 Å². The van der Waals surface area contributed by atoms with E-state index in [1.807, 2.05) is 41.2 Å². The summed E-state index contributed by atoms with van der Waals surface area (Å²) < 4.78 is 9.93. The van der Waals surface area contributed by atoms with Gasteiger partial charge in [-0.2, -0.15) is 5.10 Å². The van der Waals surface area contributed by atoms with E-state index in [1.54, 1.807) is 0 Å². The van der Waals surface area contributed by atoms with Crippen LogP contribution in [0, 0.1) is 0 Å². The van der Waals surface area contributed by atoms with Crippen molar-refractivity contribution in [3.63, 3.8) is 0 Å². The van der Waals surface area contributed by atoms with Crippen LogP contribution in [-0.4, -0.2) is 31.2 Å². The summed E-state index contributed by atoms with van der Waals surface area (Å²) in [5, 5.41) is 9.28. The Morgan fingerprint density at radius 2 is 1.72 bits per heavy atom. The molecule has 0 aliphatic carbocycles. The van der Waals surface area contributed by atoms with Crippen LogP contribution in [0.4, 0.5) is 0 Å². The van der Waals surface area contributed by atoms with Gasteiger partial charge in [0.25, 0.3) is 0 Å². The first-order valence-corrected chi connectivity index (χ1v) is 15.6. The van der Waals surface area contributed by atoms with Gasteiger partial charge in [0.2, 0.25) is 0 Å². The fraction of sp³-hybridized carbons (Fsp3) is 0.391. The lowest BCUT2D eigenvalue weighted by atomic mass is 10.2. The Hall–Kier alpha value is -0.703. The van der Waals surface area contributed by atoms with Gasteiger partial charge in [-0.3, -0.25) is 9.67 Å². The van der Waals surface area contributed by atoms with E-state index in [9.17, 15) is 0 Å². The van der Waals surface area contributed by atoms with Crippen molar-refractivity contribution >= 4 is 80.4 Å². The highest BCUT2D eigenvalue weighted by Gasteiger charge is 2.36. The van der Waals surface area contributed by atoms with E-state index >= 15 is 0 Å². The van der Waals surface area contributed by atoms with E-state index in [-0.39, 0.29) is 5.04 Å². The summed E-state index contributed by atoms with van der Waals surface area (Å²) in [5.74, 6) is 0. The number of aromatic nitrogens is 2. The number of benzene rings is 2. The molecule has 0 bridgehead atoms. The number of rotatable bonds is 4. The van der Waals surface area contributed by atoms with Crippen LogP contribution in [0.2, 0.25) is 28.2 Å². The second-order valence-corrected chi connectivity index (χ2v) is 16.4. The molecule has 0 radical (unpaired) electrons. The summed E-state index contributed by atoms with van der Waals surface area (Å²) in [5.41, 5.74) is 0.913. The van der Waals surface area contributed by atoms with E-state index in [1.165, 1.54) is 0 Å². The van der Waals surface area contributed by atoms with Gasteiger partial charge in [0, 0.05) is 25.7 Å². The first-order chi connectivity index (χ1) is 14.9. The topological polar surface area (TPSA) is 39.4 Å². The standard InChI is InChI=1S/C15H22BrClN2OSi.C8H5BrClN/c1-15(2,3)21(4,5)20-9-8-19-10-11-13(18-19)7-6-12(16)14(11)17;9-6-1-2-7-5(8(6)10)3-4-11-7/h6-7,10H,8-9H2,1-5H3;1-3H,4H2. The van der Waals surface area contributed by atoms with Gasteiger partial charge in [0.15, 0.2) is 8.32 Å². The number of halogens is 4. The summed E-state index contributed by atoms with van der Waals surface area (Å²) in [7, 11) is -1.69. The van der Waals surface area contributed by atoms with Crippen LogP contribution in [0.15, 0.2) is 44.4 Å². The Bertz CT molecular complexity index is 1250. The zero-order valence-corrected chi connectivity index (χ0v) is 24.5. The molecule has 4 rings (SSSR count). The fourth-order valence-electron chi connectivity index (χ4n) is 2.93. The molecular formula is C23H27Br2Cl2N3OSi. The third-order valence-electron chi connectivity index (χ3n) is 5.88.